The Hall–Kier alpha value is -1.70. The maximum Gasteiger partial charge on any atom is 0.255 e. The van der Waals surface area contributed by atoms with Crippen molar-refractivity contribution in [3.63, 3.8) is 0 Å². The first kappa shape index (κ1) is 16.2. The van der Waals surface area contributed by atoms with Crippen LogP contribution in [0.1, 0.15) is 16.8 Å². The third-order valence-corrected chi connectivity index (χ3v) is 5.10. The van der Waals surface area contributed by atoms with Crippen molar-refractivity contribution in [1.29, 1.82) is 0 Å². The predicted molar refractivity (Wildman–Crippen MR) is 87.2 cm³/mol. The Morgan fingerprint density at radius 1 is 1.35 bits per heavy atom. The minimum atomic E-state index is -3.55. The number of aromatic nitrogens is 2. The molecule has 3 rings (SSSR count). The fourth-order valence-electron chi connectivity index (χ4n) is 2.65. The van der Waals surface area contributed by atoms with E-state index in [-0.39, 0.29) is 10.7 Å². The number of hydrogen-bond donors (Lipinski definition) is 1. The van der Waals surface area contributed by atoms with Crippen molar-refractivity contribution < 1.29 is 8.42 Å². The lowest BCUT2D eigenvalue weighted by Gasteiger charge is -2.27. The van der Waals surface area contributed by atoms with Gasteiger partial charge in [0, 0.05) is 36.5 Å². The summed E-state index contributed by atoms with van der Waals surface area (Å²) in [5.74, 6) is 0. The molecule has 1 aromatic carbocycles. The monoisotopic (exact) mass is 353 g/mol. The quantitative estimate of drug-likeness (QED) is 0.843. The standard InChI is InChI=1S/C15H16ClN3O3S/c1-23(21,22)15-17-13-9-19(7-6-11(13)14(20)18-15)8-10-4-2-3-5-12(10)16/h2-5H,6-9H2,1H3,(H,17,18,20). The summed E-state index contributed by atoms with van der Waals surface area (Å²) in [5, 5.41) is 0.412. The van der Waals surface area contributed by atoms with Crippen LogP contribution in [0.4, 0.5) is 0 Å². The largest absolute Gasteiger partial charge is 0.297 e. The highest BCUT2D eigenvalue weighted by atomic mass is 35.5. The average molecular weight is 354 g/mol. The average Bonchev–Trinajstić information content (AvgIpc) is 2.48. The van der Waals surface area contributed by atoms with Crippen LogP contribution in [0.2, 0.25) is 5.02 Å². The lowest BCUT2D eigenvalue weighted by molar-refractivity contribution is 0.239. The molecular weight excluding hydrogens is 338 g/mol. The smallest absolute Gasteiger partial charge is 0.255 e. The molecule has 0 fully saturated rings. The van der Waals surface area contributed by atoms with Crippen LogP contribution in [0.3, 0.4) is 0 Å². The summed E-state index contributed by atoms with van der Waals surface area (Å²) in [7, 11) is -3.55. The van der Waals surface area contributed by atoms with Crippen molar-refractivity contribution in [2.24, 2.45) is 0 Å². The second-order valence-electron chi connectivity index (χ2n) is 5.62. The van der Waals surface area contributed by atoms with Crippen LogP contribution in [0.15, 0.2) is 34.2 Å². The molecule has 2 aromatic rings. The van der Waals surface area contributed by atoms with Gasteiger partial charge in [-0.2, -0.15) is 0 Å². The molecule has 0 radical (unpaired) electrons. The number of hydrogen-bond acceptors (Lipinski definition) is 5. The number of aromatic amines is 1. The molecule has 1 aromatic heterocycles. The van der Waals surface area contributed by atoms with E-state index < -0.39 is 9.84 Å². The summed E-state index contributed by atoms with van der Waals surface area (Å²) < 4.78 is 23.2. The number of benzene rings is 1. The number of halogens is 1. The molecule has 0 atom stereocenters. The highest BCUT2D eigenvalue weighted by Gasteiger charge is 2.23. The molecule has 6 nitrogen and oxygen atoms in total. The second-order valence-corrected chi connectivity index (χ2v) is 7.96. The molecule has 1 aliphatic rings. The molecule has 2 heterocycles. The van der Waals surface area contributed by atoms with Crippen molar-refractivity contribution in [1.82, 2.24) is 14.9 Å². The van der Waals surface area contributed by atoms with Crippen molar-refractivity contribution in [2.75, 3.05) is 12.8 Å². The fourth-order valence-corrected chi connectivity index (χ4v) is 3.40. The normalized spacial score (nSPS) is 15.4. The maximum absolute atomic E-state index is 12.1. The van der Waals surface area contributed by atoms with Crippen LogP contribution in [-0.4, -0.2) is 36.1 Å². The number of nitrogens with zero attached hydrogens (tertiary/aromatic N) is 2. The number of H-pyrrole nitrogens is 1. The number of rotatable bonds is 3. The second kappa shape index (κ2) is 6.07. The molecular formula is C15H16ClN3O3S. The predicted octanol–water partition coefficient (Wildman–Crippen LogP) is 1.39. The molecule has 8 heteroatoms. The zero-order valence-corrected chi connectivity index (χ0v) is 14.1. The van der Waals surface area contributed by atoms with Gasteiger partial charge in [-0.15, -0.1) is 0 Å². The molecule has 1 aliphatic heterocycles. The minimum Gasteiger partial charge on any atom is -0.297 e. The zero-order chi connectivity index (χ0) is 16.6. The van der Waals surface area contributed by atoms with Crippen molar-refractivity contribution >= 4 is 21.4 Å². The van der Waals surface area contributed by atoms with Gasteiger partial charge in [0.05, 0.1) is 5.69 Å². The Balaban J connectivity index is 1.90. The van der Waals surface area contributed by atoms with Crippen LogP contribution in [0.25, 0.3) is 0 Å². The molecule has 0 saturated carbocycles. The molecule has 122 valence electrons. The lowest BCUT2D eigenvalue weighted by atomic mass is 10.1. The summed E-state index contributed by atoms with van der Waals surface area (Å²) in [6, 6.07) is 7.57. The van der Waals surface area contributed by atoms with Gasteiger partial charge in [0.15, 0.2) is 0 Å². The minimum absolute atomic E-state index is 0.277. The van der Waals surface area contributed by atoms with Crippen LogP contribution in [-0.2, 0) is 29.3 Å². The first-order chi connectivity index (χ1) is 10.8. The summed E-state index contributed by atoms with van der Waals surface area (Å²) in [5.41, 5.74) is 1.71. The van der Waals surface area contributed by atoms with Crippen LogP contribution < -0.4 is 5.56 Å². The van der Waals surface area contributed by atoms with Gasteiger partial charge >= 0.3 is 0 Å². The van der Waals surface area contributed by atoms with Crippen LogP contribution in [0.5, 0.6) is 0 Å². The topological polar surface area (TPSA) is 83.1 Å². The molecule has 0 aliphatic carbocycles. The number of sulfone groups is 1. The van der Waals surface area contributed by atoms with Crippen molar-refractivity contribution in [3.05, 3.63) is 56.5 Å². The third kappa shape index (κ3) is 3.46. The summed E-state index contributed by atoms with van der Waals surface area (Å²) in [6.45, 7) is 1.75. The summed E-state index contributed by atoms with van der Waals surface area (Å²) in [6.07, 6.45) is 1.56. The van der Waals surface area contributed by atoms with E-state index in [1.165, 1.54) is 0 Å². The van der Waals surface area contributed by atoms with E-state index >= 15 is 0 Å². The first-order valence-electron chi connectivity index (χ1n) is 7.12. The van der Waals surface area contributed by atoms with Crippen LogP contribution in [0, 0.1) is 0 Å². The number of fused-ring (bicyclic) bond motifs is 1. The third-order valence-electron chi connectivity index (χ3n) is 3.83. The number of nitrogens with one attached hydrogen (secondary N) is 1. The van der Waals surface area contributed by atoms with Gasteiger partial charge in [0.2, 0.25) is 15.0 Å². The molecule has 0 bridgehead atoms. The van der Waals surface area contributed by atoms with Gasteiger partial charge < -0.3 is 0 Å². The molecule has 0 saturated heterocycles. The Kier molecular flexibility index (Phi) is 4.27. The first-order valence-corrected chi connectivity index (χ1v) is 9.39. The molecule has 0 spiro atoms. The summed E-state index contributed by atoms with van der Waals surface area (Å²) >= 11 is 6.18. The summed E-state index contributed by atoms with van der Waals surface area (Å²) in [4.78, 5) is 20.6. The van der Waals surface area contributed by atoms with Crippen molar-refractivity contribution in [3.8, 4) is 0 Å². The Bertz CT molecular complexity index is 908. The van der Waals surface area contributed by atoms with Gasteiger partial charge in [0.25, 0.3) is 5.56 Å². The van der Waals surface area contributed by atoms with Crippen LogP contribution >= 0.6 is 11.6 Å². The van der Waals surface area contributed by atoms with Gasteiger partial charge in [-0.25, -0.2) is 13.4 Å². The molecule has 1 N–H and O–H groups in total. The van der Waals surface area contributed by atoms with Gasteiger partial charge in [-0.3, -0.25) is 14.7 Å². The molecule has 0 amide bonds. The Morgan fingerprint density at radius 2 is 2.09 bits per heavy atom. The van der Waals surface area contributed by atoms with Gasteiger partial charge in [0.1, 0.15) is 0 Å². The zero-order valence-electron chi connectivity index (χ0n) is 12.5. The van der Waals surface area contributed by atoms with E-state index in [9.17, 15) is 13.2 Å². The SMILES string of the molecule is CS(=O)(=O)c1nc2c(c(=O)[nH]1)CCN(Cc1ccccc1Cl)C2. The highest BCUT2D eigenvalue weighted by Crippen LogP contribution is 2.21. The van der Waals surface area contributed by atoms with Crippen molar-refractivity contribution in [2.45, 2.75) is 24.7 Å². The van der Waals surface area contributed by atoms with E-state index in [1.807, 2.05) is 24.3 Å². The molecule has 0 unspecified atom stereocenters. The lowest BCUT2D eigenvalue weighted by Crippen LogP contribution is -2.35. The van der Waals surface area contributed by atoms with E-state index in [0.717, 1.165) is 11.8 Å². The van der Waals surface area contributed by atoms with E-state index in [0.29, 0.717) is 42.3 Å². The Labute approximate surface area is 139 Å². The maximum atomic E-state index is 12.1. The van der Waals surface area contributed by atoms with E-state index in [1.54, 1.807) is 0 Å². The van der Waals surface area contributed by atoms with Gasteiger partial charge in [-0.1, -0.05) is 29.8 Å². The molecule has 23 heavy (non-hydrogen) atoms. The van der Waals surface area contributed by atoms with E-state index in [4.69, 9.17) is 11.6 Å². The fraction of sp³-hybridized carbons (Fsp3) is 0.333. The van der Waals surface area contributed by atoms with E-state index in [2.05, 4.69) is 14.9 Å². The Morgan fingerprint density at radius 3 is 2.78 bits per heavy atom. The highest BCUT2D eigenvalue weighted by molar-refractivity contribution is 7.90. The van der Waals surface area contributed by atoms with Gasteiger partial charge in [-0.05, 0) is 18.1 Å².